The van der Waals surface area contributed by atoms with Gasteiger partial charge in [0.15, 0.2) is 27.5 Å². The highest BCUT2D eigenvalue weighted by molar-refractivity contribution is 6.13. The molecule has 0 heterocycles. The van der Waals surface area contributed by atoms with E-state index in [0.29, 0.717) is 33.7 Å². The SMILES string of the molecule is FC1(F)c2ccccc2C(F)(F)c2cc3c(cc21)C(F)(F)c1ccccc1C3(F)F.O=C1c2ccccc2C(F)(F)c2cc3c(cc21)C(F)(F)c1ccccc1C3(F)F.O=c1c2ccccc2c(=O)c2cc3c(=O)c4ccccc4c(=O)c3cc12. The van der Waals surface area contributed by atoms with Crippen LogP contribution in [-0.4, -0.2) is 5.78 Å². The van der Waals surface area contributed by atoms with E-state index >= 15 is 61.5 Å². The van der Waals surface area contributed by atoms with Crippen molar-refractivity contribution in [3.63, 3.8) is 0 Å². The molecule has 5 nitrogen and oxygen atoms in total. The van der Waals surface area contributed by atoms with E-state index in [1.807, 2.05) is 0 Å². The fraction of sp³-hybridized carbons (Fsp3) is 0.106. The van der Waals surface area contributed by atoms with Crippen LogP contribution in [0, 0.1) is 0 Å². The minimum Gasteiger partial charge on any atom is -0.289 e. The summed E-state index contributed by atoms with van der Waals surface area (Å²) in [5.41, 5.74) is -17.9. The van der Waals surface area contributed by atoms with Crippen LogP contribution in [-0.2, 0) is 41.5 Å². The summed E-state index contributed by atoms with van der Waals surface area (Å²) in [6.07, 6.45) is 0. The number of carbonyl (C=O) groups is 1. The normalized spacial score (nSPS) is 17.7. The highest BCUT2D eigenvalue weighted by Crippen LogP contribution is 2.60. The van der Waals surface area contributed by atoms with Crippen molar-refractivity contribution in [3.05, 3.63) is 312 Å². The molecular weight excluding hydrogens is 1140 g/mol. The molecule has 422 valence electrons. The van der Waals surface area contributed by atoms with Crippen LogP contribution < -0.4 is 21.7 Å². The molecule has 85 heavy (non-hydrogen) atoms. The predicted molar refractivity (Wildman–Crippen MR) is 287 cm³/mol. The molecule has 0 unspecified atom stereocenters. The lowest BCUT2D eigenvalue weighted by atomic mass is 9.74. The molecule has 0 fully saturated rings. The van der Waals surface area contributed by atoms with Crippen LogP contribution in [0.15, 0.2) is 201 Å². The van der Waals surface area contributed by atoms with Crippen LogP contribution in [0.2, 0.25) is 0 Å². The van der Waals surface area contributed by atoms with Crippen molar-refractivity contribution >= 4 is 48.9 Å². The molecule has 0 aromatic heterocycles. The fourth-order valence-corrected chi connectivity index (χ4v) is 12.1. The van der Waals surface area contributed by atoms with E-state index in [1.54, 1.807) is 48.5 Å². The molecule has 19 heteroatoms. The molecule has 15 rings (SSSR count). The Morgan fingerprint density at radius 3 is 0.682 bits per heavy atom. The summed E-state index contributed by atoms with van der Waals surface area (Å²) in [4.78, 5) is 64.0. The Morgan fingerprint density at radius 2 is 0.400 bits per heavy atom. The quantitative estimate of drug-likeness (QED) is 0.112. The zero-order valence-electron chi connectivity index (χ0n) is 42.7. The van der Waals surface area contributed by atoms with Crippen molar-refractivity contribution in [3.8, 4) is 0 Å². The smallest absolute Gasteiger partial charge is 0.289 e. The zero-order chi connectivity index (χ0) is 60.5. The fourth-order valence-electron chi connectivity index (χ4n) is 12.1. The largest absolute Gasteiger partial charge is 0.299 e. The third kappa shape index (κ3) is 7.46. The van der Waals surface area contributed by atoms with Crippen molar-refractivity contribution in [2.75, 3.05) is 0 Å². The van der Waals surface area contributed by atoms with Crippen LogP contribution in [0.25, 0.3) is 43.1 Å². The number of fused-ring (bicyclic) bond motifs is 12. The summed E-state index contributed by atoms with van der Waals surface area (Å²) >= 11 is 0. The summed E-state index contributed by atoms with van der Waals surface area (Å²) < 4.78 is 211. The van der Waals surface area contributed by atoms with Crippen LogP contribution >= 0.6 is 0 Å². The van der Waals surface area contributed by atoms with Crippen molar-refractivity contribution in [1.82, 2.24) is 0 Å². The van der Waals surface area contributed by atoms with E-state index in [4.69, 9.17) is 0 Å². The maximum Gasteiger partial charge on any atom is 0.299 e. The Kier molecular flexibility index (Phi) is 11.5. The van der Waals surface area contributed by atoms with Crippen LogP contribution in [0.1, 0.15) is 93.8 Å². The molecule has 0 amide bonds. The van der Waals surface area contributed by atoms with Gasteiger partial charge in [-0.15, -0.1) is 0 Å². The first-order chi connectivity index (χ1) is 40.1. The average molecular weight is 1170 g/mol. The molecule has 11 aromatic carbocycles. The summed E-state index contributed by atoms with van der Waals surface area (Å²) in [5.74, 6) is -28.7. The Morgan fingerprint density at radius 1 is 0.188 bits per heavy atom. The number of hydrogen-bond donors (Lipinski definition) is 0. The summed E-state index contributed by atoms with van der Waals surface area (Å²) in [5, 5.41) is 1.97. The average Bonchev–Trinajstić information content (AvgIpc) is 0.880. The lowest BCUT2D eigenvalue weighted by Gasteiger charge is -2.38. The van der Waals surface area contributed by atoms with Gasteiger partial charge >= 0.3 is 0 Å². The molecule has 0 atom stereocenters. The van der Waals surface area contributed by atoms with Gasteiger partial charge in [-0.05, 0) is 36.4 Å². The number of rotatable bonds is 0. The second kappa shape index (κ2) is 17.9. The molecule has 4 aliphatic carbocycles. The highest BCUT2D eigenvalue weighted by Gasteiger charge is 2.60. The van der Waals surface area contributed by atoms with E-state index in [1.165, 1.54) is 36.4 Å². The zero-order valence-corrected chi connectivity index (χ0v) is 42.7. The summed E-state index contributed by atoms with van der Waals surface area (Å²) in [6.45, 7) is 0. The van der Waals surface area contributed by atoms with E-state index in [2.05, 4.69) is 0 Å². The molecule has 0 spiro atoms. The van der Waals surface area contributed by atoms with Gasteiger partial charge in [-0.3, -0.25) is 24.0 Å². The number of benzene rings is 11. The van der Waals surface area contributed by atoms with Crippen molar-refractivity contribution in [1.29, 1.82) is 0 Å². The predicted octanol–water partition coefficient (Wildman–Crippen LogP) is 15.5. The van der Waals surface area contributed by atoms with Gasteiger partial charge in [-0.25, -0.2) is 0 Å². The monoisotopic (exact) mass is 1170 g/mol. The third-order valence-corrected chi connectivity index (χ3v) is 16.2. The van der Waals surface area contributed by atoms with Gasteiger partial charge in [0, 0.05) is 132 Å². The van der Waals surface area contributed by atoms with Crippen LogP contribution in [0.5, 0.6) is 0 Å². The maximum atomic E-state index is 15.1. The number of halogens is 14. The second-order valence-electron chi connectivity index (χ2n) is 20.8. The molecule has 0 saturated heterocycles. The van der Waals surface area contributed by atoms with Crippen LogP contribution in [0.4, 0.5) is 61.5 Å². The molecule has 0 bridgehead atoms. The lowest BCUT2D eigenvalue weighted by molar-refractivity contribution is -0.0221. The maximum absolute atomic E-state index is 15.1. The van der Waals surface area contributed by atoms with E-state index < -0.39 is 131 Å². The molecule has 0 aliphatic heterocycles. The van der Waals surface area contributed by atoms with Crippen molar-refractivity contribution in [2.45, 2.75) is 41.5 Å². The van der Waals surface area contributed by atoms with Gasteiger partial charge in [0.2, 0.25) is 0 Å². The summed E-state index contributed by atoms with van der Waals surface area (Å²) in [6, 6.07) is 33.5. The Labute approximate surface area is 467 Å². The second-order valence-corrected chi connectivity index (χ2v) is 20.8. The van der Waals surface area contributed by atoms with Gasteiger partial charge in [0.05, 0.1) is 0 Å². The Balaban J connectivity index is 0.000000119. The van der Waals surface area contributed by atoms with E-state index in [9.17, 15) is 24.0 Å². The molecule has 0 radical (unpaired) electrons. The molecule has 11 aromatic rings. The first kappa shape index (κ1) is 54.6. The minimum atomic E-state index is -4.06. The van der Waals surface area contributed by atoms with Crippen LogP contribution in [0.3, 0.4) is 0 Å². The highest BCUT2D eigenvalue weighted by atomic mass is 19.3. The van der Waals surface area contributed by atoms with Gasteiger partial charge in [-0.1, -0.05) is 146 Å². The molecule has 4 aliphatic rings. The standard InChI is InChI=1S/C22H10F8.C22H10F6O.C22H10O4/c23-19(24)11-5-1-2-6-12(11)20(25,26)16-10-18-17(9-15(16)19)21(27,28)13-7-3-4-8-14(13)22(18,29)30;23-20(24)13-6-2-1-5-11(13)19(29)12-9-17-18(10-16(12)20)22(27,28)15-8-4-3-7-14(15)21(17,25)26;23-19-11-5-1-2-6-12(11)20(24)16-10-18-17(9-15(16)19)21(25)13-7-3-4-8-14(13)22(18)26/h1-10H;1-10H;1-10H. The Hall–Kier alpha value is -9.65. The first-order valence-electron chi connectivity index (χ1n) is 25.6. The summed E-state index contributed by atoms with van der Waals surface area (Å²) in [7, 11) is 0. The molecular formula is C66H30F14O5. The lowest BCUT2D eigenvalue weighted by Crippen LogP contribution is -2.38. The number of carbonyl (C=O) groups excluding carboxylic acids is 1. The molecule has 0 saturated carbocycles. The Bertz CT molecular complexity index is 4600. The van der Waals surface area contributed by atoms with Gasteiger partial charge in [0.25, 0.3) is 41.5 Å². The van der Waals surface area contributed by atoms with Crippen molar-refractivity contribution in [2.24, 2.45) is 0 Å². The first-order valence-corrected chi connectivity index (χ1v) is 25.6. The van der Waals surface area contributed by atoms with Crippen molar-refractivity contribution < 1.29 is 66.3 Å². The van der Waals surface area contributed by atoms with Gasteiger partial charge in [-0.2, -0.15) is 61.5 Å². The number of ketones is 1. The topological polar surface area (TPSA) is 85.3 Å². The van der Waals surface area contributed by atoms with E-state index in [0.717, 1.165) is 72.8 Å². The van der Waals surface area contributed by atoms with Gasteiger partial charge in [0.1, 0.15) is 0 Å². The van der Waals surface area contributed by atoms with E-state index in [-0.39, 0.29) is 61.0 Å². The minimum absolute atomic E-state index is 0.109. The number of alkyl halides is 14. The van der Waals surface area contributed by atoms with Gasteiger partial charge < -0.3 is 0 Å². The third-order valence-electron chi connectivity index (χ3n) is 16.2. The number of hydrogen-bond acceptors (Lipinski definition) is 5. The molecule has 0 N–H and O–H groups in total.